The van der Waals surface area contributed by atoms with Crippen LogP contribution in [0.1, 0.15) is 69.4 Å². The van der Waals surface area contributed by atoms with E-state index < -0.39 is 0 Å². The van der Waals surface area contributed by atoms with Gasteiger partial charge in [-0.25, -0.2) is 0 Å². The van der Waals surface area contributed by atoms with E-state index in [9.17, 15) is 10.2 Å². The van der Waals surface area contributed by atoms with Crippen LogP contribution in [0.2, 0.25) is 0 Å². The Bertz CT molecular complexity index is 996. The van der Waals surface area contributed by atoms with Crippen molar-refractivity contribution in [3.63, 3.8) is 0 Å². The minimum absolute atomic E-state index is 0.152. The summed E-state index contributed by atoms with van der Waals surface area (Å²) in [6.07, 6.45) is 0.719. The van der Waals surface area contributed by atoms with E-state index in [0.717, 1.165) is 45.0 Å². The van der Waals surface area contributed by atoms with Crippen LogP contribution in [0, 0.1) is 6.92 Å². The fourth-order valence-corrected chi connectivity index (χ4v) is 3.83. The zero-order valence-electron chi connectivity index (χ0n) is 18.1. The lowest BCUT2D eigenvalue weighted by molar-refractivity contribution is 0.422. The molecule has 0 aromatic heterocycles. The third-order valence-corrected chi connectivity index (χ3v) is 5.56. The highest BCUT2D eigenvalue weighted by atomic mass is 16.3. The summed E-state index contributed by atoms with van der Waals surface area (Å²) in [6.45, 7) is 14.8. The zero-order valence-corrected chi connectivity index (χ0v) is 18.1. The highest BCUT2D eigenvalue weighted by Crippen LogP contribution is 2.41. The van der Waals surface area contributed by atoms with Crippen LogP contribution in [0.25, 0.3) is 10.8 Å². The van der Waals surface area contributed by atoms with Gasteiger partial charge in [0.1, 0.15) is 11.5 Å². The molecule has 0 amide bonds. The Morgan fingerprint density at radius 1 is 0.750 bits per heavy atom. The van der Waals surface area contributed by atoms with Gasteiger partial charge in [-0.3, -0.25) is 0 Å². The van der Waals surface area contributed by atoms with Gasteiger partial charge in [0, 0.05) is 5.39 Å². The molecule has 2 N–H and O–H groups in total. The topological polar surface area (TPSA) is 40.5 Å². The van der Waals surface area contributed by atoms with Crippen molar-refractivity contribution in [2.45, 2.75) is 65.7 Å². The summed E-state index contributed by atoms with van der Waals surface area (Å²) < 4.78 is 0. The van der Waals surface area contributed by atoms with E-state index in [1.807, 2.05) is 31.2 Å². The monoisotopic (exact) mass is 376 g/mol. The molecular weight excluding hydrogens is 344 g/mol. The molecule has 0 atom stereocenters. The van der Waals surface area contributed by atoms with E-state index >= 15 is 0 Å². The van der Waals surface area contributed by atoms with Crippen LogP contribution in [0.5, 0.6) is 11.5 Å². The Morgan fingerprint density at radius 2 is 1.29 bits per heavy atom. The molecule has 2 heteroatoms. The molecular formula is C26H32O2. The summed E-state index contributed by atoms with van der Waals surface area (Å²) in [7, 11) is 0. The number of hydrogen-bond donors (Lipinski definition) is 2. The van der Waals surface area contributed by atoms with Crippen molar-refractivity contribution in [3.8, 4) is 11.5 Å². The van der Waals surface area contributed by atoms with Crippen LogP contribution in [0.4, 0.5) is 0 Å². The van der Waals surface area contributed by atoms with Crippen molar-refractivity contribution >= 4 is 10.8 Å². The molecule has 0 saturated carbocycles. The normalized spacial score (nSPS) is 12.5. The van der Waals surface area contributed by atoms with Crippen LogP contribution in [0.15, 0.2) is 42.5 Å². The Labute approximate surface area is 168 Å². The van der Waals surface area contributed by atoms with Crippen LogP contribution in [-0.4, -0.2) is 10.2 Å². The lowest BCUT2D eigenvalue weighted by Gasteiger charge is -2.28. The van der Waals surface area contributed by atoms with Crippen molar-refractivity contribution in [2.75, 3.05) is 0 Å². The second kappa shape index (κ2) is 6.84. The molecule has 0 radical (unpaired) electrons. The quantitative estimate of drug-likeness (QED) is 0.519. The Hall–Kier alpha value is -2.48. The van der Waals surface area contributed by atoms with E-state index in [0.29, 0.717) is 11.5 Å². The van der Waals surface area contributed by atoms with Crippen molar-refractivity contribution < 1.29 is 10.2 Å². The molecule has 3 rings (SSSR count). The standard InChI is InChI=1S/C26H32O2/c1-16-19(15-18-10-8-9-11-20(18)23(16)27)12-17-13-21(25(2,3)4)24(28)22(14-17)26(5,6)7/h8-11,13-15,27-28H,12H2,1-7H3. The molecule has 0 aliphatic heterocycles. The summed E-state index contributed by atoms with van der Waals surface area (Å²) >= 11 is 0. The van der Waals surface area contributed by atoms with Crippen molar-refractivity contribution in [1.29, 1.82) is 0 Å². The van der Waals surface area contributed by atoms with Crippen molar-refractivity contribution in [3.05, 3.63) is 70.3 Å². The van der Waals surface area contributed by atoms with E-state index in [1.165, 1.54) is 0 Å². The molecule has 3 aromatic carbocycles. The lowest BCUT2D eigenvalue weighted by Crippen LogP contribution is -2.18. The first-order valence-corrected chi connectivity index (χ1v) is 9.96. The van der Waals surface area contributed by atoms with E-state index in [-0.39, 0.29) is 10.8 Å². The first kappa shape index (κ1) is 20.3. The van der Waals surface area contributed by atoms with Gasteiger partial charge in [0.15, 0.2) is 0 Å². The van der Waals surface area contributed by atoms with Crippen LogP contribution < -0.4 is 0 Å². The third-order valence-electron chi connectivity index (χ3n) is 5.56. The molecule has 0 aliphatic rings. The molecule has 0 aliphatic carbocycles. The molecule has 0 fully saturated rings. The van der Waals surface area contributed by atoms with E-state index in [1.54, 1.807) is 0 Å². The number of fused-ring (bicyclic) bond motifs is 1. The smallest absolute Gasteiger partial charge is 0.126 e. The maximum atomic E-state index is 11.0. The van der Waals surface area contributed by atoms with Gasteiger partial charge in [0.2, 0.25) is 0 Å². The lowest BCUT2D eigenvalue weighted by atomic mass is 9.77. The van der Waals surface area contributed by atoms with Gasteiger partial charge in [-0.05, 0) is 57.4 Å². The first-order chi connectivity index (χ1) is 12.9. The molecule has 28 heavy (non-hydrogen) atoms. The van der Waals surface area contributed by atoms with Crippen LogP contribution in [0.3, 0.4) is 0 Å². The number of phenolic OH excluding ortho intramolecular Hbond substituents is 2. The van der Waals surface area contributed by atoms with Gasteiger partial charge in [-0.2, -0.15) is 0 Å². The molecule has 0 saturated heterocycles. The zero-order chi connectivity index (χ0) is 20.9. The van der Waals surface area contributed by atoms with Crippen molar-refractivity contribution in [1.82, 2.24) is 0 Å². The third kappa shape index (κ3) is 3.73. The molecule has 0 heterocycles. The second-order valence-corrected chi connectivity index (χ2v) is 9.95. The molecule has 3 aromatic rings. The highest BCUT2D eigenvalue weighted by molar-refractivity contribution is 5.90. The fraction of sp³-hybridized carbons (Fsp3) is 0.385. The Kier molecular flexibility index (Phi) is 4.95. The predicted molar refractivity (Wildman–Crippen MR) is 119 cm³/mol. The summed E-state index contributed by atoms with van der Waals surface area (Å²) in [4.78, 5) is 0. The number of hydrogen-bond acceptors (Lipinski definition) is 2. The van der Waals surface area contributed by atoms with Crippen LogP contribution >= 0.6 is 0 Å². The van der Waals surface area contributed by atoms with E-state index in [2.05, 4.69) is 59.7 Å². The maximum absolute atomic E-state index is 11.0. The van der Waals surface area contributed by atoms with Gasteiger partial charge in [-0.15, -0.1) is 0 Å². The number of aromatic hydroxyl groups is 2. The molecule has 0 spiro atoms. The fourth-order valence-electron chi connectivity index (χ4n) is 3.83. The van der Waals surface area contributed by atoms with Crippen molar-refractivity contribution in [2.24, 2.45) is 0 Å². The largest absolute Gasteiger partial charge is 0.507 e. The van der Waals surface area contributed by atoms with Gasteiger partial charge in [0.05, 0.1) is 0 Å². The molecule has 0 unspecified atom stereocenters. The molecule has 148 valence electrons. The average Bonchev–Trinajstić information content (AvgIpc) is 2.58. The molecule has 0 bridgehead atoms. The van der Waals surface area contributed by atoms with Gasteiger partial charge < -0.3 is 10.2 Å². The number of benzene rings is 3. The van der Waals surface area contributed by atoms with Crippen LogP contribution in [-0.2, 0) is 17.3 Å². The average molecular weight is 377 g/mol. The van der Waals surface area contributed by atoms with Gasteiger partial charge in [0.25, 0.3) is 0 Å². The minimum Gasteiger partial charge on any atom is -0.507 e. The second-order valence-electron chi connectivity index (χ2n) is 9.95. The van der Waals surface area contributed by atoms with Gasteiger partial charge >= 0.3 is 0 Å². The summed E-state index contributed by atoms with van der Waals surface area (Å²) in [5.41, 5.74) is 4.82. The number of rotatable bonds is 2. The molecule has 2 nitrogen and oxygen atoms in total. The minimum atomic E-state index is -0.152. The first-order valence-electron chi connectivity index (χ1n) is 9.96. The summed E-state index contributed by atoms with van der Waals surface area (Å²) in [5, 5.41) is 23.6. The predicted octanol–water partition coefficient (Wildman–Crippen LogP) is 6.75. The summed E-state index contributed by atoms with van der Waals surface area (Å²) in [6, 6.07) is 14.4. The Balaban J connectivity index is 2.18. The van der Waals surface area contributed by atoms with E-state index in [4.69, 9.17) is 0 Å². The SMILES string of the molecule is Cc1c(Cc2cc(C(C)(C)C)c(O)c(C(C)(C)C)c2)cc2ccccc2c1O. The van der Waals surface area contributed by atoms with Gasteiger partial charge in [-0.1, -0.05) is 84.0 Å². The Morgan fingerprint density at radius 3 is 1.82 bits per heavy atom. The summed E-state index contributed by atoms with van der Waals surface area (Å²) in [5.74, 6) is 0.765. The number of phenols is 2. The maximum Gasteiger partial charge on any atom is 0.126 e. The highest BCUT2D eigenvalue weighted by Gasteiger charge is 2.26.